The van der Waals surface area contributed by atoms with Crippen molar-refractivity contribution in [3.05, 3.63) is 0 Å². The molecule has 0 aliphatic heterocycles. The molecule has 0 fully saturated rings. The SMILES string of the molecule is C[SiH2]C(C[Si](C)(C)C)[SiH2]C. The van der Waals surface area contributed by atoms with Crippen molar-refractivity contribution in [3.63, 3.8) is 0 Å². The minimum atomic E-state index is -0.693. The van der Waals surface area contributed by atoms with Gasteiger partial charge >= 0.3 is 0 Å². The van der Waals surface area contributed by atoms with Crippen molar-refractivity contribution >= 4 is 27.1 Å². The van der Waals surface area contributed by atoms with Gasteiger partial charge in [-0.3, -0.25) is 0 Å². The highest BCUT2D eigenvalue weighted by Gasteiger charge is 2.17. The first-order valence-electron chi connectivity index (χ1n) is 4.49. The van der Waals surface area contributed by atoms with Crippen molar-refractivity contribution in [1.82, 2.24) is 0 Å². The fraction of sp³-hybridized carbons (Fsp3) is 1.00. The third-order valence-corrected chi connectivity index (χ3v) is 11.4. The van der Waals surface area contributed by atoms with Crippen LogP contribution >= 0.6 is 0 Å². The van der Waals surface area contributed by atoms with Gasteiger partial charge in [0, 0.05) is 27.1 Å². The van der Waals surface area contributed by atoms with Gasteiger partial charge in [-0.25, -0.2) is 0 Å². The predicted molar refractivity (Wildman–Crippen MR) is 60.7 cm³/mol. The van der Waals surface area contributed by atoms with Crippen LogP contribution in [0, 0.1) is 0 Å². The molecule has 0 bridgehead atoms. The standard InChI is InChI=1S/C7H22Si3/c1-8-7(9-2)6-10(3,4)5/h7H,6,8-9H2,1-5H3. The second-order valence-corrected chi connectivity index (χ2v) is 15.1. The molecule has 0 radical (unpaired) electrons. The Bertz CT molecular complexity index is 81.3. The fourth-order valence-corrected chi connectivity index (χ4v) is 13.0. The van der Waals surface area contributed by atoms with E-state index in [-0.39, 0.29) is 0 Å². The Labute approximate surface area is 71.5 Å². The largest absolute Gasteiger partial charge is 0.0749 e. The molecule has 0 aliphatic rings. The highest BCUT2D eigenvalue weighted by atomic mass is 28.3. The maximum absolute atomic E-state index is 2.51. The van der Waals surface area contributed by atoms with Crippen LogP contribution in [0.2, 0.25) is 43.9 Å². The molecule has 0 saturated heterocycles. The first kappa shape index (κ1) is 10.7. The van der Waals surface area contributed by atoms with E-state index in [0.717, 1.165) is 0 Å². The molecule has 10 heavy (non-hydrogen) atoms. The monoisotopic (exact) mass is 190 g/mol. The molecule has 0 aromatic heterocycles. The Balaban J connectivity index is 3.63. The van der Waals surface area contributed by atoms with E-state index in [1.807, 2.05) is 0 Å². The highest BCUT2D eigenvalue weighted by Crippen LogP contribution is 2.19. The quantitative estimate of drug-likeness (QED) is 0.590. The Kier molecular flexibility index (Phi) is 4.81. The van der Waals surface area contributed by atoms with Crippen LogP contribution in [-0.2, 0) is 0 Å². The van der Waals surface area contributed by atoms with Gasteiger partial charge < -0.3 is 0 Å². The maximum atomic E-state index is 2.51. The third-order valence-electron chi connectivity index (χ3n) is 2.06. The summed E-state index contributed by atoms with van der Waals surface area (Å²) in [7, 11) is -0.00361. The summed E-state index contributed by atoms with van der Waals surface area (Å²) in [5, 5.41) is 1.28. The van der Waals surface area contributed by atoms with Crippen LogP contribution in [0.1, 0.15) is 0 Å². The average molecular weight is 191 g/mol. The summed E-state index contributed by atoms with van der Waals surface area (Å²) in [6.45, 7) is 12.5. The summed E-state index contributed by atoms with van der Waals surface area (Å²) in [4.78, 5) is 0. The Morgan fingerprint density at radius 1 is 1.10 bits per heavy atom. The van der Waals surface area contributed by atoms with Crippen LogP contribution in [0.3, 0.4) is 0 Å². The third kappa shape index (κ3) is 5.44. The highest BCUT2D eigenvalue weighted by molar-refractivity contribution is 6.78. The zero-order valence-electron chi connectivity index (χ0n) is 8.20. The smallest absolute Gasteiger partial charge is 0.0439 e. The normalized spacial score (nSPS) is 17.7. The van der Waals surface area contributed by atoms with Crippen molar-refractivity contribution in [2.75, 3.05) is 0 Å². The van der Waals surface area contributed by atoms with E-state index in [2.05, 4.69) is 32.7 Å². The molecule has 0 heterocycles. The minimum Gasteiger partial charge on any atom is -0.0749 e. The lowest BCUT2D eigenvalue weighted by Crippen LogP contribution is -2.25. The van der Waals surface area contributed by atoms with Crippen molar-refractivity contribution in [1.29, 1.82) is 0 Å². The molecule has 0 unspecified atom stereocenters. The van der Waals surface area contributed by atoms with Gasteiger partial charge in [0.2, 0.25) is 0 Å². The second kappa shape index (κ2) is 4.51. The minimum absolute atomic E-state index is 0.345. The molecule has 0 N–H and O–H groups in total. The van der Waals surface area contributed by atoms with Crippen molar-refractivity contribution in [3.8, 4) is 0 Å². The summed E-state index contributed by atoms with van der Waals surface area (Å²) < 4.78 is 0. The fourth-order valence-electron chi connectivity index (χ4n) is 1.44. The van der Waals surface area contributed by atoms with E-state index < -0.39 is 8.07 Å². The molecule has 62 valence electrons. The van der Waals surface area contributed by atoms with Gasteiger partial charge in [0.25, 0.3) is 0 Å². The van der Waals surface area contributed by atoms with E-state index in [1.165, 1.54) is 5.16 Å². The van der Waals surface area contributed by atoms with Crippen LogP contribution in [0.5, 0.6) is 0 Å². The Hall–Kier alpha value is 0.651. The topological polar surface area (TPSA) is 0 Å². The van der Waals surface area contributed by atoms with Gasteiger partial charge in [0.15, 0.2) is 0 Å². The summed E-state index contributed by atoms with van der Waals surface area (Å²) in [6, 6.07) is 1.64. The average Bonchev–Trinajstić information content (AvgIpc) is 1.81. The summed E-state index contributed by atoms with van der Waals surface area (Å²) in [5.74, 6) is 0. The van der Waals surface area contributed by atoms with Crippen molar-refractivity contribution in [2.45, 2.75) is 43.9 Å². The Morgan fingerprint density at radius 2 is 1.50 bits per heavy atom. The van der Waals surface area contributed by atoms with E-state index >= 15 is 0 Å². The van der Waals surface area contributed by atoms with E-state index in [1.54, 1.807) is 6.04 Å². The number of rotatable bonds is 4. The van der Waals surface area contributed by atoms with Crippen LogP contribution in [0.15, 0.2) is 0 Å². The van der Waals surface area contributed by atoms with Gasteiger partial charge in [0.1, 0.15) is 0 Å². The van der Waals surface area contributed by atoms with E-state index in [4.69, 9.17) is 0 Å². The second-order valence-electron chi connectivity index (χ2n) is 4.45. The first-order valence-corrected chi connectivity index (χ1v) is 12.7. The van der Waals surface area contributed by atoms with Crippen LogP contribution in [0.25, 0.3) is 0 Å². The zero-order chi connectivity index (χ0) is 8.20. The summed E-state index contributed by atoms with van der Waals surface area (Å²) >= 11 is 0. The van der Waals surface area contributed by atoms with Crippen LogP contribution < -0.4 is 0 Å². The Morgan fingerprint density at radius 3 is 1.60 bits per heavy atom. The van der Waals surface area contributed by atoms with Gasteiger partial charge in [-0.1, -0.05) is 43.9 Å². The van der Waals surface area contributed by atoms with E-state index in [0.29, 0.717) is 19.0 Å². The van der Waals surface area contributed by atoms with Gasteiger partial charge in [-0.2, -0.15) is 0 Å². The molecular formula is C7H22Si3. The predicted octanol–water partition coefficient (Wildman–Crippen LogP) is 1.50. The summed E-state index contributed by atoms with van der Waals surface area (Å²) in [5.41, 5.74) is 0. The lowest BCUT2D eigenvalue weighted by molar-refractivity contribution is 1.23. The lowest BCUT2D eigenvalue weighted by Gasteiger charge is -2.21. The molecule has 0 aromatic carbocycles. The van der Waals surface area contributed by atoms with Gasteiger partial charge in [0.05, 0.1) is 0 Å². The van der Waals surface area contributed by atoms with E-state index in [9.17, 15) is 0 Å². The first-order chi connectivity index (χ1) is 4.49. The van der Waals surface area contributed by atoms with Gasteiger partial charge in [-0.15, -0.1) is 0 Å². The number of hydrogen-bond donors (Lipinski definition) is 0. The molecular weight excluding hydrogens is 168 g/mol. The van der Waals surface area contributed by atoms with Crippen molar-refractivity contribution < 1.29 is 0 Å². The zero-order valence-corrected chi connectivity index (χ0v) is 12.0. The molecule has 0 aliphatic carbocycles. The molecule has 0 amide bonds. The maximum Gasteiger partial charge on any atom is 0.0439 e. The number of hydrogen-bond acceptors (Lipinski definition) is 0. The molecule has 0 atom stereocenters. The molecule has 0 rings (SSSR count). The van der Waals surface area contributed by atoms with Gasteiger partial charge in [-0.05, 0) is 0 Å². The molecule has 0 nitrogen and oxygen atoms in total. The lowest BCUT2D eigenvalue weighted by atomic mass is 10.9. The molecule has 0 aromatic rings. The van der Waals surface area contributed by atoms with Crippen molar-refractivity contribution in [2.24, 2.45) is 0 Å². The molecule has 0 spiro atoms. The molecule has 3 heteroatoms. The summed E-state index contributed by atoms with van der Waals surface area (Å²) in [6.07, 6.45) is 0. The molecule has 0 saturated carbocycles. The van der Waals surface area contributed by atoms with Crippen LogP contribution in [-0.4, -0.2) is 27.1 Å². The van der Waals surface area contributed by atoms with Crippen LogP contribution in [0.4, 0.5) is 0 Å².